The first-order valence-electron chi connectivity index (χ1n) is 6.10. The van der Waals surface area contributed by atoms with Gasteiger partial charge < -0.3 is 5.11 Å². The molecule has 0 atom stereocenters. The summed E-state index contributed by atoms with van der Waals surface area (Å²) in [5.74, 6) is -2.37. The molecule has 0 aromatic heterocycles. The van der Waals surface area contributed by atoms with Crippen LogP contribution in [-0.2, 0) is 14.9 Å². The molecule has 1 saturated carbocycles. The molecule has 0 amide bonds. The molecule has 0 bridgehead atoms. The van der Waals surface area contributed by atoms with Crippen molar-refractivity contribution in [1.82, 2.24) is 4.89 Å². The van der Waals surface area contributed by atoms with E-state index in [-0.39, 0.29) is 11.7 Å². The largest absolute Gasteiger partial charge is 0.478 e. The van der Waals surface area contributed by atoms with Crippen LogP contribution in [0, 0.1) is 5.82 Å². The van der Waals surface area contributed by atoms with Crippen LogP contribution in [0.4, 0.5) is 4.39 Å². The molecule has 0 unspecified atom stereocenters. The van der Waals surface area contributed by atoms with Crippen LogP contribution in [0.25, 0.3) is 0 Å². The fourth-order valence-corrected chi connectivity index (χ4v) is 2.98. The lowest BCUT2D eigenvalue weighted by Gasteiger charge is -2.12. The number of hydrogen-bond donors (Lipinski definition) is 2. The molecule has 1 aliphatic rings. The molecule has 0 radical (unpaired) electrons. The van der Waals surface area contributed by atoms with Crippen LogP contribution in [0.1, 0.15) is 36.0 Å². The molecule has 2 rings (SSSR count). The molecule has 110 valence electrons. The molecule has 0 heterocycles. The highest BCUT2D eigenvalue weighted by Gasteiger charge is 2.24. The molecule has 2 N–H and O–H groups in total. The Kier molecular flexibility index (Phi) is 4.36. The normalized spacial score (nSPS) is 16.4. The molecule has 6 nitrogen and oxygen atoms in total. The van der Waals surface area contributed by atoms with Gasteiger partial charge in [-0.05, 0) is 31.0 Å². The minimum absolute atomic E-state index is 0.226. The summed E-state index contributed by atoms with van der Waals surface area (Å²) in [6.07, 6.45) is 3.15. The minimum atomic E-state index is -4.24. The van der Waals surface area contributed by atoms with E-state index in [1.54, 1.807) is 0 Å². The third-order valence-electron chi connectivity index (χ3n) is 3.09. The molecular formula is C12H14FNO5S. The summed E-state index contributed by atoms with van der Waals surface area (Å²) >= 11 is 0. The smallest absolute Gasteiger partial charge is 0.335 e. The molecule has 1 aliphatic carbocycles. The minimum Gasteiger partial charge on any atom is -0.478 e. The van der Waals surface area contributed by atoms with Crippen molar-refractivity contribution in [2.45, 2.75) is 36.7 Å². The highest BCUT2D eigenvalue weighted by Crippen LogP contribution is 2.21. The fourth-order valence-electron chi connectivity index (χ4n) is 2.02. The second kappa shape index (κ2) is 5.86. The van der Waals surface area contributed by atoms with Crippen molar-refractivity contribution < 1.29 is 27.5 Å². The van der Waals surface area contributed by atoms with E-state index in [2.05, 4.69) is 0 Å². The number of hydrogen-bond acceptors (Lipinski definition) is 4. The number of nitrogens with one attached hydrogen (secondary N) is 1. The summed E-state index contributed by atoms with van der Waals surface area (Å²) in [7, 11) is -4.24. The first-order chi connectivity index (χ1) is 9.40. The van der Waals surface area contributed by atoms with Gasteiger partial charge in [0.25, 0.3) is 10.0 Å². The van der Waals surface area contributed by atoms with Gasteiger partial charge in [-0.2, -0.15) is 0 Å². The van der Waals surface area contributed by atoms with E-state index < -0.39 is 26.7 Å². The van der Waals surface area contributed by atoms with Gasteiger partial charge in [-0.15, -0.1) is 0 Å². The number of aromatic carboxylic acids is 1. The van der Waals surface area contributed by atoms with Gasteiger partial charge in [0, 0.05) is 0 Å². The predicted octanol–water partition coefficient (Wildman–Crippen LogP) is 1.68. The van der Waals surface area contributed by atoms with Crippen LogP contribution in [0.15, 0.2) is 23.1 Å². The van der Waals surface area contributed by atoms with E-state index in [1.165, 1.54) is 0 Å². The lowest BCUT2D eigenvalue weighted by molar-refractivity contribution is 0.0222. The Morgan fingerprint density at radius 1 is 1.35 bits per heavy atom. The van der Waals surface area contributed by atoms with Crippen LogP contribution < -0.4 is 4.89 Å². The van der Waals surface area contributed by atoms with E-state index in [0.29, 0.717) is 0 Å². The van der Waals surface area contributed by atoms with Gasteiger partial charge in [0.2, 0.25) is 0 Å². The van der Waals surface area contributed by atoms with Gasteiger partial charge in [0.05, 0.1) is 11.7 Å². The Balaban J connectivity index is 2.19. The third kappa shape index (κ3) is 3.33. The van der Waals surface area contributed by atoms with E-state index in [9.17, 15) is 17.6 Å². The first kappa shape index (κ1) is 14.9. The SMILES string of the molecule is O=C(O)c1ccc(F)c(S(=O)(=O)NOC2CCCC2)c1. The molecule has 0 aliphatic heterocycles. The number of rotatable bonds is 5. The zero-order chi connectivity index (χ0) is 14.8. The van der Waals surface area contributed by atoms with Crippen molar-refractivity contribution in [3.63, 3.8) is 0 Å². The number of benzene rings is 1. The van der Waals surface area contributed by atoms with Crippen LogP contribution in [0.5, 0.6) is 0 Å². The van der Waals surface area contributed by atoms with Crippen molar-refractivity contribution in [3.05, 3.63) is 29.6 Å². The Morgan fingerprint density at radius 2 is 2.00 bits per heavy atom. The number of carboxylic acids is 1. The lowest BCUT2D eigenvalue weighted by Crippen LogP contribution is -2.29. The average molecular weight is 303 g/mol. The van der Waals surface area contributed by atoms with Crippen LogP contribution in [-0.4, -0.2) is 25.6 Å². The van der Waals surface area contributed by atoms with Crippen LogP contribution in [0.2, 0.25) is 0 Å². The van der Waals surface area contributed by atoms with Gasteiger partial charge in [-0.25, -0.2) is 17.6 Å². The highest BCUT2D eigenvalue weighted by molar-refractivity contribution is 7.89. The van der Waals surface area contributed by atoms with Gasteiger partial charge in [0.15, 0.2) is 0 Å². The van der Waals surface area contributed by atoms with Gasteiger partial charge in [-0.1, -0.05) is 17.7 Å². The summed E-state index contributed by atoms with van der Waals surface area (Å²) < 4.78 is 37.4. The number of sulfonamides is 1. The Hall–Kier alpha value is -1.51. The maximum Gasteiger partial charge on any atom is 0.335 e. The zero-order valence-corrected chi connectivity index (χ0v) is 11.3. The molecule has 1 fully saturated rings. The molecule has 1 aromatic carbocycles. The van der Waals surface area contributed by atoms with Crippen molar-refractivity contribution in [3.8, 4) is 0 Å². The number of halogens is 1. The van der Waals surface area contributed by atoms with Gasteiger partial charge in [-0.3, -0.25) is 4.84 Å². The summed E-state index contributed by atoms with van der Waals surface area (Å²) in [5, 5.41) is 8.80. The topological polar surface area (TPSA) is 92.7 Å². The van der Waals surface area contributed by atoms with Crippen molar-refractivity contribution in [1.29, 1.82) is 0 Å². The molecule has 1 aromatic rings. The second-order valence-electron chi connectivity index (χ2n) is 4.56. The number of carbonyl (C=O) groups is 1. The van der Waals surface area contributed by atoms with Crippen molar-refractivity contribution in [2.24, 2.45) is 0 Å². The number of carboxylic acid groups (broad SMARTS) is 1. The zero-order valence-electron chi connectivity index (χ0n) is 10.5. The van der Waals surface area contributed by atoms with Crippen molar-refractivity contribution in [2.75, 3.05) is 0 Å². The van der Waals surface area contributed by atoms with E-state index in [0.717, 1.165) is 43.9 Å². The standard InChI is InChI=1S/C12H14FNO5S/c13-10-6-5-8(12(15)16)7-11(10)20(17,18)14-19-9-3-1-2-4-9/h5-7,9,14H,1-4H2,(H,15,16). The van der Waals surface area contributed by atoms with Gasteiger partial charge in [0.1, 0.15) is 10.7 Å². The van der Waals surface area contributed by atoms with Crippen molar-refractivity contribution >= 4 is 16.0 Å². The van der Waals surface area contributed by atoms with Gasteiger partial charge >= 0.3 is 5.97 Å². The Morgan fingerprint density at radius 3 is 2.60 bits per heavy atom. The quantitative estimate of drug-likeness (QED) is 0.807. The Bertz CT molecular complexity index is 610. The Labute approximate surface area is 115 Å². The first-order valence-corrected chi connectivity index (χ1v) is 7.59. The maximum absolute atomic E-state index is 13.6. The monoisotopic (exact) mass is 303 g/mol. The lowest BCUT2D eigenvalue weighted by atomic mass is 10.2. The summed E-state index contributed by atoms with van der Waals surface area (Å²) in [5.41, 5.74) is -0.312. The predicted molar refractivity (Wildman–Crippen MR) is 67.0 cm³/mol. The van der Waals surface area contributed by atoms with E-state index in [4.69, 9.17) is 9.94 Å². The molecular weight excluding hydrogens is 289 g/mol. The average Bonchev–Trinajstić information content (AvgIpc) is 2.89. The maximum atomic E-state index is 13.6. The van der Waals surface area contributed by atoms with E-state index >= 15 is 0 Å². The summed E-state index contributed by atoms with van der Waals surface area (Å²) in [6, 6.07) is 2.56. The van der Waals surface area contributed by atoms with E-state index in [1.807, 2.05) is 4.89 Å². The van der Waals surface area contributed by atoms with Crippen LogP contribution >= 0.6 is 0 Å². The fraction of sp³-hybridized carbons (Fsp3) is 0.417. The van der Waals surface area contributed by atoms with Crippen LogP contribution in [0.3, 0.4) is 0 Å². The molecule has 0 spiro atoms. The summed E-state index contributed by atoms with van der Waals surface area (Å²) in [4.78, 5) is 16.9. The molecule has 20 heavy (non-hydrogen) atoms. The second-order valence-corrected chi connectivity index (χ2v) is 6.17. The third-order valence-corrected chi connectivity index (χ3v) is 4.30. The highest BCUT2D eigenvalue weighted by atomic mass is 32.2. The molecule has 0 saturated heterocycles. The summed E-state index contributed by atoms with van der Waals surface area (Å²) in [6.45, 7) is 0. The molecule has 8 heteroatoms.